The van der Waals surface area contributed by atoms with Gasteiger partial charge >= 0.3 is 12.0 Å². The second-order valence-electron chi connectivity index (χ2n) is 7.75. The second kappa shape index (κ2) is 7.25. The van der Waals surface area contributed by atoms with E-state index >= 15 is 0 Å². The van der Waals surface area contributed by atoms with Crippen molar-refractivity contribution >= 4 is 23.8 Å². The summed E-state index contributed by atoms with van der Waals surface area (Å²) in [5, 5.41) is 11.9. The number of nitrogens with zero attached hydrogens (tertiary/aromatic N) is 2. The van der Waals surface area contributed by atoms with Crippen LogP contribution in [0.4, 0.5) is 4.79 Å². The Morgan fingerprint density at radius 2 is 1.77 bits per heavy atom. The largest absolute Gasteiger partial charge is 0.481 e. The van der Waals surface area contributed by atoms with Crippen LogP contribution in [0.3, 0.4) is 0 Å². The molecule has 0 unspecified atom stereocenters. The Morgan fingerprint density at radius 3 is 2.31 bits per heavy atom. The van der Waals surface area contributed by atoms with Gasteiger partial charge in [-0.1, -0.05) is 13.3 Å². The fourth-order valence-corrected chi connectivity index (χ4v) is 4.35. The molecule has 2 aliphatic heterocycles. The number of amides is 4. The van der Waals surface area contributed by atoms with Crippen LogP contribution in [0.5, 0.6) is 0 Å². The number of carboxylic acids is 1. The topological polar surface area (TPSA) is 107 Å². The third kappa shape index (κ3) is 3.41. The van der Waals surface area contributed by atoms with Crippen molar-refractivity contribution < 1.29 is 24.3 Å². The zero-order valence-corrected chi connectivity index (χ0v) is 15.2. The number of rotatable bonds is 4. The van der Waals surface area contributed by atoms with Crippen LogP contribution in [-0.4, -0.2) is 63.9 Å². The quantitative estimate of drug-likeness (QED) is 0.728. The van der Waals surface area contributed by atoms with Gasteiger partial charge in [-0.3, -0.25) is 19.3 Å². The zero-order valence-electron chi connectivity index (χ0n) is 15.2. The highest BCUT2D eigenvalue weighted by atomic mass is 16.4. The summed E-state index contributed by atoms with van der Waals surface area (Å²) in [6.07, 6.45) is 4.97. The Balaban J connectivity index is 1.58. The molecule has 2 saturated heterocycles. The molecule has 1 aliphatic carbocycles. The number of aliphatic carboxylic acids is 1. The van der Waals surface area contributed by atoms with Crippen molar-refractivity contribution in [2.75, 3.05) is 19.6 Å². The minimum atomic E-state index is -0.837. The minimum Gasteiger partial charge on any atom is -0.481 e. The molecule has 0 bridgehead atoms. The molecule has 0 atom stereocenters. The van der Waals surface area contributed by atoms with Gasteiger partial charge in [0.1, 0.15) is 12.1 Å². The number of imide groups is 1. The molecule has 26 heavy (non-hydrogen) atoms. The van der Waals surface area contributed by atoms with Gasteiger partial charge < -0.3 is 15.3 Å². The third-order valence-corrected chi connectivity index (χ3v) is 6.27. The highest BCUT2D eigenvalue weighted by Crippen LogP contribution is 2.37. The first-order chi connectivity index (χ1) is 12.4. The molecule has 0 radical (unpaired) electrons. The van der Waals surface area contributed by atoms with Crippen molar-refractivity contribution in [1.29, 1.82) is 0 Å². The van der Waals surface area contributed by atoms with E-state index in [0.717, 1.165) is 24.2 Å². The molecule has 3 rings (SSSR count). The number of carboxylic acid groups (broad SMARTS) is 1. The summed E-state index contributed by atoms with van der Waals surface area (Å²) in [4.78, 5) is 51.2. The number of carbonyl (C=O) groups excluding carboxylic acids is 3. The summed E-state index contributed by atoms with van der Waals surface area (Å²) in [6.45, 7) is 2.57. The molecule has 8 heteroatoms. The zero-order chi connectivity index (χ0) is 18.9. The van der Waals surface area contributed by atoms with Gasteiger partial charge in [-0.2, -0.15) is 0 Å². The van der Waals surface area contributed by atoms with Crippen LogP contribution in [0, 0.1) is 11.8 Å². The van der Waals surface area contributed by atoms with Crippen LogP contribution in [0.2, 0.25) is 0 Å². The number of nitrogens with one attached hydrogen (secondary N) is 1. The fraction of sp³-hybridized carbons (Fsp3) is 0.778. The summed E-state index contributed by atoms with van der Waals surface area (Å²) in [5.74, 6) is -1.25. The van der Waals surface area contributed by atoms with E-state index in [1.807, 2.05) is 0 Å². The Labute approximate surface area is 152 Å². The summed E-state index contributed by atoms with van der Waals surface area (Å²) < 4.78 is 0. The molecular formula is C18H27N3O5. The van der Waals surface area contributed by atoms with Crippen molar-refractivity contribution in [2.24, 2.45) is 11.8 Å². The number of hydrogen-bond donors (Lipinski definition) is 2. The lowest BCUT2D eigenvalue weighted by Crippen LogP contribution is -2.50. The van der Waals surface area contributed by atoms with Crippen LogP contribution in [0.25, 0.3) is 0 Å². The molecule has 0 aromatic rings. The summed E-state index contributed by atoms with van der Waals surface area (Å²) in [7, 11) is 0. The van der Waals surface area contributed by atoms with E-state index in [0.29, 0.717) is 44.7 Å². The summed E-state index contributed by atoms with van der Waals surface area (Å²) in [6, 6.07) is -0.487. The predicted molar refractivity (Wildman–Crippen MR) is 92.2 cm³/mol. The highest BCUT2D eigenvalue weighted by Gasteiger charge is 2.52. The molecule has 1 spiro atoms. The van der Waals surface area contributed by atoms with Crippen molar-refractivity contribution in [3.8, 4) is 0 Å². The number of urea groups is 1. The van der Waals surface area contributed by atoms with Crippen molar-refractivity contribution in [3.63, 3.8) is 0 Å². The van der Waals surface area contributed by atoms with Crippen molar-refractivity contribution in [3.05, 3.63) is 0 Å². The first kappa shape index (κ1) is 18.7. The van der Waals surface area contributed by atoms with E-state index in [4.69, 9.17) is 5.11 Å². The molecular weight excluding hydrogens is 338 g/mol. The SMILES string of the molecule is CCC1CCC2(CC1)NC(=O)N(CC(=O)N1CCC(C(=O)O)CC1)C2=O. The van der Waals surface area contributed by atoms with Crippen LogP contribution < -0.4 is 5.32 Å². The molecule has 2 heterocycles. The fourth-order valence-electron chi connectivity index (χ4n) is 4.35. The smallest absolute Gasteiger partial charge is 0.325 e. The molecule has 8 nitrogen and oxygen atoms in total. The Morgan fingerprint density at radius 1 is 1.15 bits per heavy atom. The number of likely N-dealkylation sites (tertiary alicyclic amines) is 1. The Kier molecular flexibility index (Phi) is 5.20. The second-order valence-corrected chi connectivity index (χ2v) is 7.75. The van der Waals surface area contributed by atoms with E-state index in [1.54, 1.807) is 4.90 Å². The standard InChI is InChI=1S/C18H27N3O5/c1-2-12-3-7-18(8-4-12)16(25)21(17(26)19-18)11-14(22)20-9-5-13(6-10-20)15(23)24/h12-13H,2-11H2,1H3,(H,19,26)(H,23,24). The third-order valence-electron chi connectivity index (χ3n) is 6.27. The van der Waals surface area contributed by atoms with E-state index in [1.165, 1.54) is 0 Å². The Hall–Kier alpha value is -2.12. The number of piperidine rings is 1. The number of carbonyl (C=O) groups is 4. The monoisotopic (exact) mass is 365 g/mol. The maximum absolute atomic E-state index is 12.8. The minimum absolute atomic E-state index is 0.263. The van der Waals surface area contributed by atoms with E-state index < -0.39 is 23.5 Å². The van der Waals surface area contributed by atoms with Gasteiger partial charge in [0.05, 0.1) is 5.92 Å². The maximum atomic E-state index is 12.8. The molecule has 4 amide bonds. The Bertz CT molecular complexity index is 604. The van der Waals surface area contributed by atoms with Gasteiger partial charge in [-0.05, 0) is 44.4 Å². The molecule has 144 valence electrons. The summed E-state index contributed by atoms with van der Waals surface area (Å²) in [5.41, 5.74) is -0.834. The molecule has 0 aromatic heterocycles. The van der Waals surface area contributed by atoms with Gasteiger partial charge in [0.25, 0.3) is 5.91 Å². The van der Waals surface area contributed by atoms with Gasteiger partial charge in [0.2, 0.25) is 5.91 Å². The van der Waals surface area contributed by atoms with Gasteiger partial charge in [0, 0.05) is 13.1 Å². The molecule has 1 saturated carbocycles. The van der Waals surface area contributed by atoms with Gasteiger partial charge in [0.15, 0.2) is 0 Å². The summed E-state index contributed by atoms with van der Waals surface area (Å²) >= 11 is 0. The van der Waals surface area contributed by atoms with Crippen LogP contribution >= 0.6 is 0 Å². The van der Waals surface area contributed by atoms with E-state index in [2.05, 4.69) is 12.2 Å². The molecule has 3 fully saturated rings. The van der Waals surface area contributed by atoms with E-state index in [9.17, 15) is 19.2 Å². The van der Waals surface area contributed by atoms with Crippen molar-refractivity contribution in [2.45, 2.75) is 57.4 Å². The highest BCUT2D eigenvalue weighted by molar-refractivity contribution is 6.09. The maximum Gasteiger partial charge on any atom is 0.325 e. The molecule has 2 N–H and O–H groups in total. The van der Waals surface area contributed by atoms with Gasteiger partial charge in [-0.25, -0.2) is 4.79 Å². The average Bonchev–Trinajstić information content (AvgIpc) is 2.86. The predicted octanol–water partition coefficient (Wildman–Crippen LogP) is 1.20. The molecule has 0 aromatic carbocycles. The van der Waals surface area contributed by atoms with Crippen LogP contribution in [-0.2, 0) is 14.4 Å². The number of hydrogen-bond acceptors (Lipinski definition) is 4. The lowest BCUT2D eigenvalue weighted by Gasteiger charge is -2.35. The lowest BCUT2D eigenvalue weighted by atomic mass is 9.75. The first-order valence-electron chi connectivity index (χ1n) is 9.51. The van der Waals surface area contributed by atoms with E-state index in [-0.39, 0.29) is 18.4 Å². The average molecular weight is 365 g/mol. The molecule has 3 aliphatic rings. The van der Waals surface area contributed by atoms with Crippen molar-refractivity contribution in [1.82, 2.24) is 15.1 Å². The first-order valence-corrected chi connectivity index (χ1v) is 9.51. The van der Waals surface area contributed by atoms with Crippen LogP contribution in [0.1, 0.15) is 51.9 Å². The van der Waals surface area contributed by atoms with Crippen LogP contribution in [0.15, 0.2) is 0 Å². The lowest BCUT2D eigenvalue weighted by molar-refractivity contribution is -0.146. The normalized spacial score (nSPS) is 30.0. The van der Waals surface area contributed by atoms with Gasteiger partial charge in [-0.15, -0.1) is 0 Å².